The predicted octanol–water partition coefficient (Wildman–Crippen LogP) is 3.04. The van der Waals surface area contributed by atoms with Crippen LogP contribution in [0.4, 0.5) is 5.69 Å². The van der Waals surface area contributed by atoms with Crippen LogP contribution in [-0.2, 0) is 17.2 Å². The summed E-state index contributed by atoms with van der Waals surface area (Å²) in [5.41, 5.74) is 2.04. The highest BCUT2D eigenvalue weighted by molar-refractivity contribution is 6.06. The molecule has 2 saturated heterocycles. The van der Waals surface area contributed by atoms with E-state index < -0.39 is 0 Å². The first-order valence-corrected chi connectivity index (χ1v) is 11.2. The van der Waals surface area contributed by atoms with Gasteiger partial charge >= 0.3 is 0 Å². The molecule has 3 aromatic heterocycles. The lowest BCUT2D eigenvalue weighted by Crippen LogP contribution is -2.45. The molecular weight excluding hydrogens is 408 g/mol. The average molecular weight is 434 g/mol. The summed E-state index contributed by atoms with van der Waals surface area (Å²) in [7, 11) is 1.65. The summed E-state index contributed by atoms with van der Waals surface area (Å²) in [5, 5.41) is 2.76. The Kier molecular flexibility index (Phi) is 4.08. The van der Waals surface area contributed by atoms with Crippen LogP contribution < -0.4 is 15.6 Å². The van der Waals surface area contributed by atoms with Gasteiger partial charge in [-0.1, -0.05) is 0 Å². The lowest BCUT2D eigenvalue weighted by Gasteiger charge is -2.41. The van der Waals surface area contributed by atoms with Crippen molar-refractivity contribution in [3.63, 3.8) is 0 Å². The Balaban J connectivity index is 1.38. The number of fused-ring (bicyclic) bond motifs is 2. The van der Waals surface area contributed by atoms with Crippen LogP contribution in [0, 0.1) is 0 Å². The Morgan fingerprint density at radius 3 is 2.81 bits per heavy atom. The van der Waals surface area contributed by atoms with Crippen molar-refractivity contribution >= 4 is 17.2 Å². The van der Waals surface area contributed by atoms with E-state index in [9.17, 15) is 9.59 Å². The van der Waals surface area contributed by atoms with Gasteiger partial charge in [0.2, 0.25) is 0 Å². The van der Waals surface area contributed by atoms with Crippen molar-refractivity contribution in [1.29, 1.82) is 0 Å². The summed E-state index contributed by atoms with van der Waals surface area (Å²) < 4.78 is 15.4. The SMILES string of the molecule is Cn1cccc(NC(=O)c2cn3cc(C45COC(C)(C4)C5)nc3cc2OC2CCC2)c1=O. The Morgan fingerprint density at radius 2 is 2.12 bits per heavy atom. The minimum atomic E-state index is -0.377. The molecule has 0 aromatic carbocycles. The molecular formula is C24H26N4O4. The van der Waals surface area contributed by atoms with E-state index in [1.807, 2.05) is 16.7 Å². The number of aromatic nitrogens is 3. The molecule has 32 heavy (non-hydrogen) atoms. The number of anilines is 1. The minimum Gasteiger partial charge on any atom is -0.489 e. The molecule has 1 amide bonds. The van der Waals surface area contributed by atoms with Gasteiger partial charge in [0.05, 0.1) is 29.6 Å². The fourth-order valence-electron chi connectivity index (χ4n) is 5.24. The highest BCUT2D eigenvalue weighted by Crippen LogP contribution is 2.58. The summed E-state index contributed by atoms with van der Waals surface area (Å²) in [6.45, 7) is 2.83. The monoisotopic (exact) mass is 434 g/mol. The van der Waals surface area contributed by atoms with Crippen molar-refractivity contribution < 1.29 is 14.3 Å². The van der Waals surface area contributed by atoms with Gasteiger partial charge in [0.25, 0.3) is 11.5 Å². The molecule has 0 spiro atoms. The lowest BCUT2D eigenvalue weighted by atomic mass is 9.62. The van der Waals surface area contributed by atoms with Crippen LogP contribution in [0.25, 0.3) is 5.65 Å². The first-order valence-electron chi connectivity index (χ1n) is 11.2. The molecule has 4 fully saturated rings. The van der Waals surface area contributed by atoms with Crippen LogP contribution in [0.1, 0.15) is 55.1 Å². The van der Waals surface area contributed by atoms with Crippen LogP contribution in [0.15, 0.2) is 41.6 Å². The van der Waals surface area contributed by atoms with Crippen LogP contribution in [0.3, 0.4) is 0 Å². The number of pyridine rings is 2. The van der Waals surface area contributed by atoms with Gasteiger partial charge in [-0.25, -0.2) is 4.98 Å². The number of hydrogen-bond acceptors (Lipinski definition) is 5. The fourth-order valence-corrected chi connectivity index (χ4v) is 5.24. The predicted molar refractivity (Wildman–Crippen MR) is 118 cm³/mol. The van der Waals surface area contributed by atoms with E-state index in [1.54, 1.807) is 31.6 Å². The van der Waals surface area contributed by atoms with Crippen molar-refractivity contribution in [2.75, 3.05) is 11.9 Å². The fraction of sp³-hybridized carbons (Fsp3) is 0.458. The topological polar surface area (TPSA) is 86.9 Å². The molecule has 5 heterocycles. The summed E-state index contributed by atoms with van der Waals surface area (Å²) in [6.07, 6.45) is 10.5. The normalized spacial score (nSPS) is 26.6. The standard InChI is InChI=1S/C24H26N4O4/c1-23-12-24(13-23,14-31-23)19-11-28-10-16(18(9-20(28)26-19)32-15-5-3-6-15)21(29)25-17-7-4-8-27(2)22(17)30/h4,7-11,15H,3,5-6,12-14H2,1-2H3,(H,25,29). The summed E-state index contributed by atoms with van der Waals surface area (Å²) in [4.78, 5) is 30.5. The Labute approximate surface area is 185 Å². The second-order valence-corrected chi connectivity index (χ2v) is 9.78. The molecule has 4 aliphatic rings. The molecule has 1 N–H and O–H groups in total. The van der Waals surface area contributed by atoms with Gasteiger partial charge in [0.15, 0.2) is 0 Å². The van der Waals surface area contributed by atoms with Gasteiger partial charge in [-0.2, -0.15) is 0 Å². The van der Waals surface area contributed by atoms with Crippen molar-refractivity contribution in [3.8, 4) is 5.75 Å². The van der Waals surface area contributed by atoms with E-state index in [0.29, 0.717) is 17.9 Å². The number of aryl methyl sites for hydroxylation is 1. The molecule has 2 aliphatic carbocycles. The maximum Gasteiger partial charge on any atom is 0.274 e. The van der Waals surface area contributed by atoms with Crippen LogP contribution in [-0.4, -0.2) is 38.2 Å². The first kappa shape index (κ1) is 19.5. The van der Waals surface area contributed by atoms with Crippen LogP contribution in [0.2, 0.25) is 0 Å². The number of ether oxygens (including phenoxy) is 2. The number of nitrogens with one attached hydrogen (secondary N) is 1. The highest BCUT2D eigenvalue weighted by atomic mass is 16.5. The summed E-state index contributed by atoms with van der Waals surface area (Å²) in [6, 6.07) is 5.17. The Morgan fingerprint density at radius 1 is 1.31 bits per heavy atom. The molecule has 0 atom stereocenters. The number of rotatable bonds is 5. The van der Waals surface area contributed by atoms with Gasteiger partial charge in [-0.3, -0.25) is 9.59 Å². The zero-order valence-corrected chi connectivity index (χ0v) is 18.3. The highest BCUT2D eigenvalue weighted by Gasteiger charge is 2.61. The number of nitrogens with zero attached hydrogens (tertiary/aromatic N) is 3. The van der Waals surface area contributed by atoms with Gasteiger partial charge in [0.1, 0.15) is 17.1 Å². The number of carbonyl (C=O) groups excluding carboxylic acids is 1. The zero-order chi connectivity index (χ0) is 22.1. The van der Waals surface area contributed by atoms with E-state index in [1.165, 1.54) is 4.57 Å². The second kappa shape index (κ2) is 6.68. The molecule has 2 aliphatic heterocycles. The van der Waals surface area contributed by atoms with E-state index in [4.69, 9.17) is 14.5 Å². The van der Waals surface area contributed by atoms with Gasteiger partial charge < -0.3 is 23.8 Å². The molecule has 3 aromatic rings. The maximum atomic E-state index is 13.2. The van der Waals surface area contributed by atoms with Crippen LogP contribution >= 0.6 is 0 Å². The zero-order valence-electron chi connectivity index (χ0n) is 18.3. The van der Waals surface area contributed by atoms with E-state index in [-0.39, 0.29) is 34.3 Å². The number of amides is 1. The van der Waals surface area contributed by atoms with Gasteiger partial charge in [-0.15, -0.1) is 0 Å². The van der Waals surface area contributed by atoms with Gasteiger partial charge in [-0.05, 0) is 51.2 Å². The van der Waals surface area contributed by atoms with Crippen molar-refractivity contribution in [2.24, 2.45) is 7.05 Å². The minimum absolute atomic E-state index is 0.0266. The summed E-state index contributed by atoms with van der Waals surface area (Å²) >= 11 is 0. The molecule has 7 rings (SSSR count). The number of carbonyl (C=O) groups is 1. The third-order valence-electron chi connectivity index (χ3n) is 7.18. The molecule has 8 heteroatoms. The van der Waals surface area contributed by atoms with Crippen LogP contribution in [0.5, 0.6) is 5.75 Å². The largest absolute Gasteiger partial charge is 0.489 e. The maximum absolute atomic E-state index is 13.2. The first-order chi connectivity index (χ1) is 15.3. The van der Waals surface area contributed by atoms with E-state index in [0.717, 1.165) is 43.4 Å². The quantitative estimate of drug-likeness (QED) is 0.667. The smallest absolute Gasteiger partial charge is 0.274 e. The molecule has 8 nitrogen and oxygen atoms in total. The van der Waals surface area contributed by atoms with E-state index in [2.05, 4.69) is 12.2 Å². The Bertz CT molecular complexity index is 1300. The van der Waals surface area contributed by atoms with Gasteiger partial charge in [0, 0.05) is 37.1 Å². The molecule has 166 valence electrons. The number of hydrogen-bond donors (Lipinski definition) is 1. The number of imidazole rings is 1. The third kappa shape index (κ3) is 2.97. The lowest BCUT2D eigenvalue weighted by molar-refractivity contribution is 0.0154. The Hall–Kier alpha value is -3.13. The van der Waals surface area contributed by atoms with Crippen molar-refractivity contribution in [3.05, 3.63) is 58.4 Å². The second-order valence-electron chi connectivity index (χ2n) is 9.78. The third-order valence-corrected chi connectivity index (χ3v) is 7.18. The molecule has 2 bridgehead atoms. The van der Waals surface area contributed by atoms with Crippen molar-refractivity contribution in [1.82, 2.24) is 14.0 Å². The average Bonchev–Trinajstić information content (AvgIpc) is 3.38. The summed E-state index contributed by atoms with van der Waals surface area (Å²) in [5.74, 6) is 0.126. The van der Waals surface area contributed by atoms with Crippen molar-refractivity contribution in [2.45, 2.75) is 56.1 Å². The molecule has 0 radical (unpaired) electrons. The van der Waals surface area contributed by atoms with E-state index >= 15 is 0 Å². The molecule has 0 unspecified atom stereocenters. The molecule has 2 saturated carbocycles.